The van der Waals surface area contributed by atoms with Gasteiger partial charge in [0.05, 0.1) is 0 Å². The second-order valence-electron chi connectivity index (χ2n) is 7.64. The summed E-state index contributed by atoms with van der Waals surface area (Å²) < 4.78 is 27.5. The molecule has 1 aliphatic heterocycles. The summed E-state index contributed by atoms with van der Waals surface area (Å²) in [5.74, 6) is 0. The van der Waals surface area contributed by atoms with Crippen molar-refractivity contribution in [1.29, 1.82) is 0 Å². The highest BCUT2D eigenvalue weighted by molar-refractivity contribution is 6.64. The largest absolute Gasteiger partial charge is 0.426 e. The van der Waals surface area contributed by atoms with Gasteiger partial charge in [-0.2, -0.15) is 0 Å². The molecule has 0 aromatic carbocycles. The van der Waals surface area contributed by atoms with E-state index in [1.165, 1.54) is 38.5 Å². The molecule has 1 rings (SSSR count). The van der Waals surface area contributed by atoms with Crippen LogP contribution in [0.25, 0.3) is 0 Å². The molecular formula is C21H50N2O4Si2. The summed E-state index contributed by atoms with van der Waals surface area (Å²) in [4.78, 5) is 0. The lowest BCUT2D eigenvalue weighted by atomic mass is 10.1. The van der Waals surface area contributed by atoms with Crippen LogP contribution in [0.15, 0.2) is 0 Å². The van der Waals surface area contributed by atoms with Crippen molar-refractivity contribution in [3.8, 4) is 0 Å². The quantitative estimate of drug-likeness (QED) is 0.419. The van der Waals surface area contributed by atoms with Crippen molar-refractivity contribution in [2.75, 3.05) is 54.6 Å². The van der Waals surface area contributed by atoms with E-state index in [0.29, 0.717) is 0 Å². The zero-order valence-electron chi connectivity index (χ0n) is 20.7. The zero-order valence-corrected chi connectivity index (χ0v) is 22.7. The third kappa shape index (κ3) is 9.07. The maximum atomic E-state index is 5.76. The third-order valence-corrected chi connectivity index (χ3v) is 13.4. The maximum absolute atomic E-state index is 5.76. The molecule has 0 amide bonds. The van der Waals surface area contributed by atoms with Crippen LogP contribution in [0.4, 0.5) is 0 Å². The molecule has 0 aliphatic carbocycles. The van der Waals surface area contributed by atoms with Gasteiger partial charge in [0.1, 0.15) is 0 Å². The summed E-state index contributed by atoms with van der Waals surface area (Å²) in [6.07, 6.45) is 9.25. The third-order valence-electron chi connectivity index (χ3n) is 6.11. The molecule has 8 heteroatoms. The minimum atomic E-state index is -2.06. The highest BCUT2D eigenvalue weighted by atomic mass is 28.4. The fourth-order valence-electron chi connectivity index (χ4n) is 4.31. The molecule has 29 heavy (non-hydrogen) atoms. The first-order chi connectivity index (χ1) is 14.0. The van der Waals surface area contributed by atoms with Crippen molar-refractivity contribution in [3.63, 3.8) is 0 Å². The average molecular weight is 451 g/mol. The summed E-state index contributed by atoms with van der Waals surface area (Å²) in [7, 11) is 3.05. The molecule has 0 N–H and O–H groups in total. The normalized spacial score (nSPS) is 17.3. The Morgan fingerprint density at radius 2 is 1.17 bits per heavy atom. The lowest BCUT2D eigenvalue weighted by molar-refractivity contribution is 0.160. The number of rotatable bonds is 11. The summed E-state index contributed by atoms with van der Waals surface area (Å²) in [6, 6.07) is 1.99. The highest BCUT2D eigenvalue weighted by Gasteiger charge is 2.41. The Hall–Kier alpha value is 0.194. The van der Waals surface area contributed by atoms with E-state index in [2.05, 4.69) is 36.8 Å². The summed E-state index contributed by atoms with van der Waals surface area (Å²) in [5, 5.41) is 0. The fraction of sp³-hybridized carbons (Fsp3) is 1.00. The van der Waals surface area contributed by atoms with Crippen LogP contribution in [0, 0.1) is 0 Å². The van der Waals surface area contributed by atoms with Crippen LogP contribution in [0.3, 0.4) is 0 Å². The second kappa shape index (κ2) is 16.8. The molecule has 1 aliphatic rings. The molecule has 0 radical (unpaired) electrons. The predicted molar refractivity (Wildman–Crippen MR) is 127 cm³/mol. The van der Waals surface area contributed by atoms with Crippen molar-refractivity contribution >= 4 is 17.4 Å². The summed E-state index contributed by atoms with van der Waals surface area (Å²) >= 11 is 0. The van der Waals surface area contributed by atoms with Crippen molar-refractivity contribution in [2.45, 2.75) is 84.7 Å². The molecule has 0 bridgehead atoms. The van der Waals surface area contributed by atoms with Crippen molar-refractivity contribution in [1.82, 2.24) is 9.13 Å². The summed E-state index contributed by atoms with van der Waals surface area (Å²) in [6.45, 7) is 13.1. The van der Waals surface area contributed by atoms with E-state index in [1.807, 2.05) is 14.2 Å². The van der Waals surface area contributed by atoms with Crippen molar-refractivity contribution < 1.29 is 17.7 Å². The van der Waals surface area contributed by atoms with Crippen LogP contribution in [-0.2, 0) is 17.7 Å². The molecule has 0 atom stereocenters. The van der Waals surface area contributed by atoms with Gasteiger partial charge in [0.25, 0.3) is 0 Å². The average Bonchev–Trinajstić information content (AvgIpc) is 2.91. The minimum Gasteiger partial charge on any atom is -0.386 e. The Bertz CT molecular complexity index is 357. The Balaban J connectivity index is 0.000000555. The smallest absolute Gasteiger partial charge is 0.386 e. The van der Waals surface area contributed by atoms with Crippen LogP contribution in [0.5, 0.6) is 0 Å². The molecular weight excluding hydrogens is 400 g/mol. The molecule has 1 heterocycles. The molecule has 1 fully saturated rings. The van der Waals surface area contributed by atoms with Gasteiger partial charge in [0, 0.05) is 40.5 Å². The standard InChI is InChI=1S/C12H27NO2Si.C9H23NO2Si/c1-4-16(14-2,15-3)13-11-9-7-5-6-8-10-12-13;1-6-9-10(7-2)13(8-3,11-4)12-5/h4-12H2,1-3H3;6-9H2,1-5H3. The van der Waals surface area contributed by atoms with Crippen LogP contribution in [0.2, 0.25) is 12.1 Å². The Morgan fingerprint density at radius 1 is 0.690 bits per heavy atom. The Kier molecular flexibility index (Phi) is 16.9. The topological polar surface area (TPSA) is 43.4 Å². The predicted octanol–water partition coefficient (Wildman–Crippen LogP) is 4.86. The van der Waals surface area contributed by atoms with Crippen LogP contribution < -0.4 is 0 Å². The number of nitrogens with zero attached hydrogens (tertiary/aromatic N) is 2. The molecule has 0 unspecified atom stereocenters. The first kappa shape index (κ1) is 29.2. The zero-order chi connectivity index (χ0) is 22.2. The lowest BCUT2D eigenvalue weighted by Crippen LogP contribution is -2.57. The van der Waals surface area contributed by atoms with Crippen LogP contribution in [-0.4, -0.2) is 81.2 Å². The van der Waals surface area contributed by atoms with Crippen molar-refractivity contribution in [3.05, 3.63) is 0 Å². The molecule has 1 saturated heterocycles. The molecule has 0 saturated carbocycles. The molecule has 6 nitrogen and oxygen atoms in total. The number of hydrogen-bond donors (Lipinski definition) is 0. The summed E-state index contributed by atoms with van der Waals surface area (Å²) in [5.41, 5.74) is 0. The van der Waals surface area contributed by atoms with E-state index in [-0.39, 0.29) is 0 Å². The van der Waals surface area contributed by atoms with E-state index in [4.69, 9.17) is 17.7 Å². The fourth-order valence-corrected chi connectivity index (χ4v) is 9.77. The van der Waals surface area contributed by atoms with Gasteiger partial charge < -0.3 is 17.7 Å². The van der Waals surface area contributed by atoms with Crippen LogP contribution in [0.1, 0.15) is 72.6 Å². The first-order valence-corrected chi connectivity index (χ1v) is 15.6. The maximum Gasteiger partial charge on any atom is 0.426 e. The van der Waals surface area contributed by atoms with Gasteiger partial charge in [-0.1, -0.05) is 53.4 Å². The monoisotopic (exact) mass is 450 g/mol. The Morgan fingerprint density at radius 3 is 1.48 bits per heavy atom. The van der Waals surface area contributed by atoms with Gasteiger partial charge in [-0.3, -0.25) is 9.13 Å². The van der Waals surface area contributed by atoms with Crippen LogP contribution >= 0.6 is 0 Å². The second-order valence-corrected chi connectivity index (χ2v) is 14.8. The molecule has 176 valence electrons. The molecule has 0 aromatic heterocycles. The van der Waals surface area contributed by atoms with Gasteiger partial charge in [0.15, 0.2) is 0 Å². The van der Waals surface area contributed by atoms with E-state index < -0.39 is 17.4 Å². The van der Waals surface area contributed by atoms with Gasteiger partial charge >= 0.3 is 17.4 Å². The van der Waals surface area contributed by atoms with Gasteiger partial charge in [-0.15, -0.1) is 0 Å². The first-order valence-electron chi connectivity index (χ1n) is 11.7. The van der Waals surface area contributed by atoms with Gasteiger partial charge in [-0.05, 0) is 45.4 Å². The molecule has 0 spiro atoms. The van der Waals surface area contributed by atoms with Gasteiger partial charge in [0.2, 0.25) is 0 Å². The SMILES string of the molecule is CCCN(CC)[Si](CC)(OC)OC.CC[Si](OC)(OC)N1CCCCCCCC1. The van der Waals surface area contributed by atoms with E-state index in [9.17, 15) is 0 Å². The molecule has 0 aromatic rings. The van der Waals surface area contributed by atoms with E-state index >= 15 is 0 Å². The van der Waals surface area contributed by atoms with Crippen molar-refractivity contribution in [2.24, 2.45) is 0 Å². The lowest BCUT2D eigenvalue weighted by Gasteiger charge is -2.37. The Labute approximate surface area is 183 Å². The van der Waals surface area contributed by atoms with E-state index in [1.54, 1.807) is 14.2 Å². The van der Waals surface area contributed by atoms with E-state index in [0.717, 1.165) is 44.7 Å². The van der Waals surface area contributed by atoms with Gasteiger partial charge in [-0.25, -0.2) is 0 Å². The minimum absolute atomic E-state index is 0.980. The number of hydrogen-bond acceptors (Lipinski definition) is 6. The highest BCUT2D eigenvalue weighted by Crippen LogP contribution is 2.21.